The molecule has 2 aromatic rings. The van der Waals surface area contributed by atoms with Crippen LogP contribution in [0.5, 0.6) is 0 Å². The van der Waals surface area contributed by atoms with E-state index >= 15 is 0 Å². The molecule has 0 aliphatic rings. The molecule has 0 fully saturated rings. The number of likely N-dealkylation sites (N-methyl/N-ethyl adjacent to an activating group) is 1. The summed E-state index contributed by atoms with van der Waals surface area (Å²) in [7, 11) is 3.83. The molecule has 1 unspecified atom stereocenters. The first-order valence-electron chi connectivity index (χ1n) is 7.81. The van der Waals surface area contributed by atoms with Crippen LogP contribution in [-0.4, -0.2) is 42.5 Å². The van der Waals surface area contributed by atoms with Gasteiger partial charge in [-0.25, -0.2) is 4.79 Å². The molecule has 1 aromatic carbocycles. The Kier molecular flexibility index (Phi) is 6.23. The van der Waals surface area contributed by atoms with Crippen LogP contribution < -0.4 is 5.32 Å². The van der Waals surface area contributed by atoms with Crippen molar-refractivity contribution >= 4 is 6.03 Å². The molecular weight excluding hydrogens is 290 g/mol. The van der Waals surface area contributed by atoms with E-state index in [2.05, 4.69) is 36.3 Å². The van der Waals surface area contributed by atoms with E-state index in [0.717, 1.165) is 12.3 Å². The van der Waals surface area contributed by atoms with Crippen molar-refractivity contribution in [2.45, 2.75) is 26.1 Å². The minimum absolute atomic E-state index is 0.0960. The molecule has 0 bridgehead atoms. The Morgan fingerprint density at radius 1 is 1.13 bits per heavy atom. The Bertz CT molecular complexity index is 584. The second kappa shape index (κ2) is 8.39. The molecule has 5 heteroatoms. The smallest absolute Gasteiger partial charge is 0.317 e. The van der Waals surface area contributed by atoms with Crippen LogP contribution >= 0.6 is 0 Å². The minimum atomic E-state index is -0.0960. The highest BCUT2D eigenvalue weighted by molar-refractivity contribution is 5.73. The summed E-state index contributed by atoms with van der Waals surface area (Å²) in [5.41, 5.74) is 1.27. The Labute approximate surface area is 137 Å². The fourth-order valence-electron chi connectivity index (χ4n) is 2.26. The molecule has 1 aromatic heterocycles. The van der Waals surface area contributed by atoms with E-state index in [0.29, 0.717) is 13.1 Å². The van der Waals surface area contributed by atoms with E-state index in [1.54, 1.807) is 18.2 Å². The first-order valence-corrected chi connectivity index (χ1v) is 7.81. The van der Waals surface area contributed by atoms with Gasteiger partial charge in [-0.3, -0.25) is 4.90 Å². The van der Waals surface area contributed by atoms with E-state index in [-0.39, 0.29) is 12.1 Å². The second-order valence-electron chi connectivity index (χ2n) is 5.87. The molecule has 0 aliphatic carbocycles. The summed E-state index contributed by atoms with van der Waals surface area (Å²) in [5, 5.41) is 2.96. The third-order valence-corrected chi connectivity index (χ3v) is 3.90. The molecule has 0 spiro atoms. The highest BCUT2D eigenvalue weighted by atomic mass is 16.3. The minimum Gasteiger partial charge on any atom is -0.467 e. The molecule has 1 N–H and O–H groups in total. The van der Waals surface area contributed by atoms with E-state index in [1.165, 1.54) is 5.56 Å². The Morgan fingerprint density at radius 3 is 2.52 bits per heavy atom. The summed E-state index contributed by atoms with van der Waals surface area (Å²) >= 11 is 0. The summed E-state index contributed by atoms with van der Waals surface area (Å²) < 4.78 is 5.25. The maximum Gasteiger partial charge on any atom is 0.317 e. The van der Waals surface area contributed by atoms with E-state index in [4.69, 9.17) is 4.42 Å². The molecule has 2 amide bonds. The van der Waals surface area contributed by atoms with Gasteiger partial charge in [0.25, 0.3) is 0 Å². The number of furan rings is 1. The molecule has 0 radical (unpaired) electrons. The molecule has 1 heterocycles. The van der Waals surface area contributed by atoms with Crippen molar-refractivity contribution in [2.24, 2.45) is 0 Å². The third kappa shape index (κ3) is 5.45. The zero-order valence-corrected chi connectivity index (χ0v) is 14.0. The highest BCUT2D eigenvalue weighted by Gasteiger charge is 2.14. The number of rotatable bonds is 7. The van der Waals surface area contributed by atoms with Crippen molar-refractivity contribution in [3.63, 3.8) is 0 Å². The summed E-state index contributed by atoms with van der Waals surface area (Å²) in [4.78, 5) is 15.9. The normalized spacial score (nSPS) is 12.2. The molecule has 1 atom stereocenters. The standard InChI is InChI=1S/C18H25N3O2/c1-15(20(2)13-16-8-5-4-6-9-16)12-19-18(22)21(3)14-17-10-7-11-23-17/h4-11,15H,12-14H2,1-3H3,(H,19,22). The Hall–Kier alpha value is -2.27. The van der Waals surface area contributed by atoms with Crippen molar-refractivity contribution in [3.05, 3.63) is 60.1 Å². The molecule has 2 rings (SSSR count). The Balaban J connectivity index is 1.74. The monoisotopic (exact) mass is 315 g/mol. The summed E-state index contributed by atoms with van der Waals surface area (Å²) in [6.45, 7) is 4.04. The van der Waals surface area contributed by atoms with Crippen molar-refractivity contribution in [1.29, 1.82) is 0 Å². The van der Waals surface area contributed by atoms with Crippen molar-refractivity contribution in [2.75, 3.05) is 20.6 Å². The van der Waals surface area contributed by atoms with Gasteiger partial charge in [0, 0.05) is 26.2 Å². The predicted molar refractivity (Wildman–Crippen MR) is 90.9 cm³/mol. The second-order valence-corrected chi connectivity index (χ2v) is 5.87. The van der Waals surface area contributed by atoms with Gasteiger partial charge in [-0.1, -0.05) is 30.3 Å². The number of urea groups is 1. The van der Waals surface area contributed by atoms with Crippen LogP contribution in [0.2, 0.25) is 0 Å². The number of hydrogen-bond donors (Lipinski definition) is 1. The fourth-order valence-corrected chi connectivity index (χ4v) is 2.26. The zero-order valence-electron chi connectivity index (χ0n) is 14.0. The molecule has 0 saturated carbocycles. The van der Waals surface area contributed by atoms with Crippen LogP contribution in [0, 0.1) is 0 Å². The summed E-state index contributed by atoms with van der Waals surface area (Å²) in [6.07, 6.45) is 1.61. The average molecular weight is 315 g/mol. The van der Waals surface area contributed by atoms with E-state index in [9.17, 15) is 4.79 Å². The van der Waals surface area contributed by atoms with Crippen molar-refractivity contribution < 1.29 is 9.21 Å². The SMILES string of the molecule is CC(CNC(=O)N(C)Cc1ccco1)N(C)Cc1ccccc1. The topological polar surface area (TPSA) is 48.7 Å². The average Bonchev–Trinajstić information content (AvgIpc) is 3.06. The fraction of sp³-hybridized carbons (Fsp3) is 0.389. The number of amides is 2. The van der Waals surface area contributed by atoms with Crippen LogP contribution in [0.15, 0.2) is 53.1 Å². The van der Waals surface area contributed by atoms with Crippen LogP contribution in [0.25, 0.3) is 0 Å². The lowest BCUT2D eigenvalue weighted by Crippen LogP contribution is -2.44. The van der Waals surface area contributed by atoms with Gasteiger partial charge in [-0.2, -0.15) is 0 Å². The molecule has 124 valence electrons. The maximum atomic E-state index is 12.1. The Morgan fingerprint density at radius 2 is 1.87 bits per heavy atom. The largest absolute Gasteiger partial charge is 0.467 e. The van der Waals surface area contributed by atoms with Crippen LogP contribution in [-0.2, 0) is 13.1 Å². The molecule has 5 nitrogen and oxygen atoms in total. The van der Waals surface area contributed by atoms with E-state index in [1.807, 2.05) is 30.3 Å². The summed E-state index contributed by atoms with van der Waals surface area (Å²) in [6, 6.07) is 14.2. The lowest BCUT2D eigenvalue weighted by molar-refractivity contribution is 0.193. The number of carbonyl (C=O) groups excluding carboxylic acids is 1. The van der Waals surface area contributed by atoms with Gasteiger partial charge in [0.05, 0.1) is 12.8 Å². The van der Waals surface area contributed by atoms with Crippen LogP contribution in [0.1, 0.15) is 18.2 Å². The zero-order chi connectivity index (χ0) is 16.7. The van der Waals surface area contributed by atoms with Gasteiger partial charge < -0.3 is 14.6 Å². The molecular formula is C18H25N3O2. The molecule has 0 saturated heterocycles. The highest BCUT2D eigenvalue weighted by Crippen LogP contribution is 2.06. The number of nitrogens with one attached hydrogen (secondary N) is 1. The van der Waals surface area contributed by atoms with Gasteiger partial charge in [-0.05, 0) is 31.7 Å². The predicted octanol–water partition coefficient (Wildman–Crippen LogP) is 2.94. The summed E-state index contributed by atoms with van der Waals surface area (Å²) in [5.74, 6) is 0.775. The first kappa shape index (κ1) is 17.1. The van der Waals surface area contributed by atoms with Gasteiger partial charge in [0.15, 0.2) is 0 Å². The van der Waals surface area contributed by atoms with Crippen molar-refractivity contribution in [1.82, 2.24) is 15.1 Å². The quantitative estimate of drug-likeness (QED) is 0.854. The first-order chi connectivity index (χ1) is 11.1. The van der Waals surface area contributed by atoms with Gasteiger partial charge in [0.1, 0.15) is 5.76 Å². The third-order valence-electron chi connectivity index (χ3n) is 3.90. The lowest BCUT2D eigenvalue weighted by atomic mass is 10.2. The number of nitrogens with zero attached hydrogens (tertiary/aromatic N) is 2. The molecule has 0 aliphatic heterocycles. The lowest BCUT2D eigenvalue weighted by Gasteiger charge is -2.26. The van der Waals surface area contributed by atoms with Gasteiger partial charge >= 0.3 is 6.03 Å². The van der Waals surface area contributed by atoms with Crippen molar-refractivity contribution in [3.8, 4) is 0 Å². The van der Waals surface area contributed by atoms with Crippen LogP contribution in [0.3, 0.4) is 0 Å². The van der Waals surface area contributed by atoms with Crippen LogP contribution in [0.4, 0.5) is 4.79 Å². The van der Waals surface area contributed by atoms with E-state index < -0.39 is 0 Å². The van der Waals surface area contributed by atoms with Gasteiger partial charge in [0.2, 0.25) is 0 Å². The molecule has 23 heavy (non-hydrogen) atoms. The number of carbonyl (C=O) groups is 1. The number of benzene rings is 1. The number of hydrogen-bond acceptors (Lipinski definition) is 3. The van der Waals surface area contributed by atoms with Gasteiger partial charge in [-0.15, -0.1) is 0 Å². The maximum absolute atomic E-state index is 12.1.